The third-order valence-corrected chi connectivity index (χ3v) is 3.95. The molecule has 0 atom stereocenters. The molecule has 0 unspecified atom stereocenters. The van der Waals surface area contributed by atoms with Crippen LogP contribution in [0.1, 0.15) is 48.8 Å². The summed E-state index contributed by atoms with van der Waals surface area (Å²) in [4.78, 5) is 14.2. The highest BCUT2D eigenvalue weighted by molar-refractivity contribution is 7.17. The summed E-state index contributed by atoms with van der Waals surface area (Å²) in [5, 5.41) is 12.3. The molecule has 0 radical (unpaired) electrons. The van der Waals surface area contributed by atoms with Crippen molar-refractivity contribution in [2.75, 3.05) is 25.0 Å². The molecule has 1 aliphatic heterocycles. The summed E-state index contributed by atoms with van der Waals surface area (Å²) in [7, 11) is 0. The van der Waals surface area contributed by atoms with Crippen molar-refractivity contribution in [2.24, 2.45) is 0 Å². The molecule has 1 aliphatic rings. The van der Waals surface area contributed by atoms with Crippen LogP contribution < -0.4 is 5.32 Å². The Bertz CT molecular complexity index is 385. The number of carbonyl (C=O) groups is 1. The summed E-state index contributed by atoms with van der Waals surface area (Å²) < 4.78 is 0. The van der Waals surface area contributed by atoms with Gasteiger partial charge in [-0.05, 0) is 19.8 Å². The van der Waals surface area contributed by atoms with Crippen LogP contribution in [0.25, 0.3) is 0 Å². The lowest BCUT2D eigenvalue weighted by atomic mass is 10.1. The molecular formula is C12H20N4OS. The number of amides is 1. The molecule has 0 aromatic carbocycles. The number of rotatable bonds is 3. The van der Waals surface area contributed by atoms with E-state index < -0.39 is 0 Å². The molecule has 5 nitrogen and oxygen atoms in total. The fourth-order valence-corrected chi connectivity index (χ4v) is 2.90. The number of hydrogen-bond donors (Lipinski definition) is 1. The predicted octanol–water partition coefficient (Wildman–Crippen LogP) is 2.38. The number of likely N-dealkylation sites (tertiary alicyclic amines) is 1. The molecule has 0 saturated carbocycles. The molecule has 1 fully saturated rings. The van der Waals surface area contributed by atoms with Gasteiger partial charge < -0.3 is 10.2 Å². The van der Waals surface area contributed by atoms with Gasteiger partial charge in [0.25, 0.3) is 5.91 Å². The zero-order valence-electron chi connectivity index (χ0n) is 10.8. The highest BCUT2D eigenvalue weighted by Crippen LogP contribution is 2.18. The largest absolute Gasteiger partial charge is 0.360 e. The second-order valence-electron chi connectivity index (χ2n) is 4.50. The molecule has 1 N–H and O–H groups in total. The molecule has 0 bridgehead atoms. The summed E-state index contributed by atoms with van der Waals surface area (Å²) in [5.41, 5.74) is 0. The van der Waals surface area contributed by atoms with Crippen molar-refractivity contribution in [3.8, 4) is 0 Å². The van der Waals surface area contributed by atoms with Crippen LogP contribution in [0, 0.1) is 0 Å². The summed E-state index contributed by atoms with van der Waals surface area (Å²) in [6.45, 7) is 4.51. The number of hydrogen-bond acceptors (Lipinski definition) is 5. The number of anilines is 1. The summed E-state index contributed by atoms with van der Waals surface area (Å²) in [5.74, 6) is 0.0403. The minimum absolute atomic E-state index is 0.0403. The Morgan fingerprint density at radius 1 is 1.22 bits per heavy atom. The van der Waals surface area contributed by atoms with Gasteiger partial charge in [-0.1, -0.05) is 30.6 Å². The monoisotopic (exact) mass is 268 g/mol. The van der Waals surface area contributed by atoms with Crippen molar-refractivity contribution in [2.45, 2.75) is 39.0 Å². The average molecular weight is 268 g/mol. The molecule has 1 aromatic heterocycles. The maximum atomic E-state index is 12.3. The SMILES string of the molecule is CCNc1nnc(C(=O)N2CCCCCCC2)s1. The van der Waals surface area contributed by atoms with E-state index >= 15 is 0 Å². The molecule has 6 heteroatoms. The number of aromatic nitrogens is 2. The lowest BCUT2D eigenvalue weighted by Crippen LogP contribution is -2.33. The van der Waals surface area contributed by atoms with Crippen molar-refractivity contribution >= 4 is 22.4 Å². The maximum absolute atomic E-state index is 12.3. The standard InChI is InChI=1S/C12H20N4OS/c1-2-13-12-15-14-10(18-12)11(17)16-8-6-4-3-5-7-9-16/h2-9H2,1H3,(H,13,15). The molecule has 2 heterocycles. The lowest BCUT2D eigenvalue weighted by molar-refractivity contribution is 0.0741. The highest BCUT2D eigenvalue weighted by atomic mass is 32.1. The van der Waals surface area contributed by atoms with Crippen molar-refractivity contribution in [3.63, 3.8) is 0 Å². The van der Waals surface area contributed by atoms with Gasteiger partial charge in [0.2, 0.25) is 10.1 Å². The molecule has 0 aliphatic carbocycles. The quantitative estimate of drug-likeness (QED) is 0.914. The average Bonchev–Trinajstić information content (AvgIpc) is 2.77. The van der Waals surface area contributed by atoms with E-state index in [1.54, 1.807) is 0 Å². The maximum Gasteiger partial charge on any atom is 0.284 e. The van der Waals surface area contributed by atoms with E-state index in [2.05, 4.69) is 15.5 Å². The fraction of sp³-hybridized carbons (Fsp3) is 0.750. The van der Waals surface area contributed by atoms with E-state index in [1.165, 1.54) is 30.6 Å². The Morgan fingerprint density at radius 3 is 2.56 bits per heavy atom. The molecule has 1 saturated heterocycles. The minimum Gasteiger partial charge on any atom is -0.360 e. The Morgan fingerprint density at radius 2 is 1.89 bits per heavy atom. The molecule has 1 amide bonds. The first-order valence-electron chi connectivity index (χ1n) is 6.68. The first-order valence-corrected chi connectivity index (χ1v) is 7.49. The number of nitrogens with zero attached hydrogens (tertiary/aromatic N) is 3. The first-order chi connectivity index (χ1) is 8.81. The summed E-state index contributed by atoms with van der Waals surface area (Å²) in [6, 6.07) is 0. The van der Waals surface area contributed by atoms with Crippen molar-refractivity contribution in [1.29, 1.82) is 0 Å². The number of carbonyl (C=O) groups excluding carboxylic acids is 1. The van der Waals surface area contributed by atoms with E-state index in [9.17, 15) is 4.79 Å². The van der Waals surface area contributed by atoms with E-state index in [-0.39, 0.29) is 5.91 Å². The number of nitrogens with one attached hydrogen (secondary N) is 1. The van der Waals surface area contributed by atoms with Gasteiger partial charge in [0, 0.05) is 19.6 Å². The van der Waals surface area contributed by atoms with Crippen molar-refractivity contribution in [3.05, 3.63) is 5.01 Å². The highest BCUT2D eigenvalue weighted by Gasteiger charge is 2.20. The van der Waals surface area contributed by atoms with Gasteiger partial charge in [-0.25, -0.2) is 0 Å². The summed E-state index contributed by atoms with van der Waals surface area (Å²) in [6.07, 6.45) is 5.95. The van der Waals surface area contributed by atoms with Crippen LogP contribution in [-0.2, 0) is 0 Å². The van der Waals surface area contributed by atoms with Crippen LogP contribution in [-0.4, -0.2) is 40.6 Å². The van der Waals surface area contributed by atoms with Crippen molar-refractivity contribution < 1.29 is 4.79 Å². The van der Waals surface area contributed by atoms with Crippen LogP contribution in [0.5, 0.6) is 0 Å². The molecule has 18 heavy (non-hydrogen) atoms. The van der Waals surface area contributed by atoms with Gasteiger partial charge in [-0.3, -0.25) is 4.79 Å². The van der Waals surface area contributed by atoms with Crippen LogP contribution in [0.2, 0.25) is 0 Å². The van der Waals surface area contributed by atoms with Crippen LogP contribution in [0.3, 0.4) is 0 Å². The van der Waals surface area contributed by atoms with Gasteiger partial charge in [0.1, 0.15) is 0 Å². The second kappa shape index (κ2) is 6.68. The minimum atomic E-state index is 0.0403. The Hall–Kier alpha value is -1.17. The zero-order chi connectivity index (χ0) is 12.8. The van der Waals surface area contributed by atoms with E-state index in [0.717, 1.165) is 37.6 Å². The van der Waals surface area contributed by atoms with Gasteiger partial charge >= 0.3 is 0 Å². The fourth-order valence-electron chi connectivity index (χ4n) is 2.12. The van der Waals surface area contributed by atoms with E-state index in [0.29, 0.717) is 5.01 Å². The zero-order valence-corrected chi connectivity index (χ0v) is 11.6. The molecule has 0 spiro atoms. The van der Waals surface area contributed by atoms with Crippen LogP contribution >= 0.6 is 11.3 Å². The van der Waals surface area contributed by atoms with Gasteiger partial charge in [-0.15, -0.1) is 10.2 Å². The van der Waals surface area contributed by atoms with E-state index in [4.69, 9.17) is 0 Å². The molecule has 100 valence electrons. The molecular weight excluding hydrogens is 248 g/mol. The third kappa shape index (κ3) is 3.41. The normalized spacial score (nSPS) is 17.1. The Balaban J connectivity index is 1.99. The Labute approximate surface area is 112 Å². The Kier molecular flexibility index (Phi) is 4.92. The summed E-state index contributed by atoms with van der Waals surface area (Å²) >= 11 is 1.35. The van der Waals surface area contributed by atoms with Gasteiger partial charge in [0.15, 0.2) is 0 Å². The van der Waals surface area contributed by atoms with Gasteiger partial charge in [0.05, 0.1) is 0 Å². The van der Waals surface area contributed by atoms with Crippen LogP contribution in [0.4, 0.5) is 5.13 Å². The predicted molar refractivity (Wildman–Crippen MR) is 73.1 cm³/mol. The topological polar surface area (TPSA) is 58.1 Å². The van der Waals surface area contributed by atoms with Crippen molar-refractivity contribution in [1.82, 2.24) is 15.1 Å². The van der Waals surface area contributed by atoms with E-state index in [1.807, 2.05) is 11.8 Å². The van der Waals surface area contributed by atoms with Crippen LogP contribution in [0.15, 0.2) is 0 Å². The second-order valence-corrected chi connectivity index (χ2v) is 5.48. The first kappa shape index (κ1) is 13.3. The van der Waals surface area contributed by atoms with Gasteiger partial charge in [-0.2, -0.15) is 0 Å². The lowest BCUT2D eigenvalue weighted by Gasteiger charge is -2.23. The third-order valence-electron chi connectivity index (χ3n) is 3.08. The molecule has 1 aromatic rings. The molecule has 2 rings (SSSR count). The smallest absolute Gasteiger partial charge is 0.284 e.